The Labute approximate surface area is 118 Å². The lowest BCUT2D eigenvalue weighted by atomic mass is 10.1. The van der Waals surface area contributed by atoms with Crippen LogP contribution in [0.3, 0.4) is 0 Å². The zero-order chi connectivity index (χ0) is 14.9. The summed E-state index contributed by atoms with van der Waals surface area (Å²) < 4.78 is 5.41. The minimum atomic E-state index is -0.0855. The topological polar surface area (TPSA) is 53.7 Å². The van der Waals surface area contributed by atoms with Crippen LogP contribution in [0, 0.1) is 13.8 Å². The molecule has 1 aromatic heterocycles. The molecule has 4 heteroatoms. The van der Waals surface area contributed by atoms with Gasteiger partial charge >= 0.3 is 0 Å². The third kappa shape index (κ3) is 2.69. The monoisotopic (exact) mass is 273 g/mol. The molecule has 0 aliphatic carbocycles. The molecule has 2 rings (SSSR count). The Bertz CT molecular complexity index is 613. The number of rotatable bonds is 3. The van der Waals surface area contributed by atoms with Gasteiger partial charge in [-0.3, -0.25) is 4.79 Å². The fourth-order valence-corrected chi connectivity index (χ4v) is 2.19. The van der Waals surface area contributed by atoms with Crippen LogP contribution in [0.4, 0.5) is 0 Å². The van der Waals surface area contributed by atoms with Crippen molar-refractivity contribution in [3.8, 4) is 5.75 Å². The van der Waals surface area contributed by atoms with Crippen LogP contribution in [0.1, 0.15) is 40.4 Å². The average molecular weight is 273 g/mol. The molecular formula is C16H19NO3. The minimum Gasteiger partial charge on any atom is -0.508 e. The van der Waals surface area contributed by atoms with Crippen molar-refractivity contribution < 1.29 is 14.3 Å². The van der Waals surface area contributed by atoms with E-state index in [9.17, 15) is 9.90 Å². The fourth-order valence-electron chi connectivity index (χ4n) is 2.19. The van der Waals surface area contributed by atoms with Crippen LogP contribution in [-0.4, -0.2) is 23.0 Å². The van der Waals surface area contributed by atoms with Gasteiger partial charge in [0.2, 0.25) is 0 Å². The number of phenolic OH excluding ortho intramolecular Hbond substituents is 1. The van der Waals surface area contributed by atoms with Gasteiger partial charge in [-0.1, -0.05) is 12.1 Å². The van der Waals surface area contributed by atoms with Crippen molar-refractivity contribution >= 4 is 5.91 Å². The van der Waals surface area contributed by atoms with Gasteiger partial charge in [-0.05, 0) is 44.5 Å². The molecule has 0 radical (unpaired) electrons. The van der Waals surface area contributed by atoms with Gasteiger partial charge in [-0.15, -0.1) is 0 Å². The lowest BCUT2D eigenvalue weighted by molar-refractivity contribution is 0.0741. The molecule has 0 spiro atoms. The van der Waals surface area contributed by atoms with Crippen LogP contribution in [0.15, 0.2) is 34.7 Å². The van der Waals surface area contributed by atoms with Gasteiger partial charge in [0.15, 0.2) is 0 Å². The first-order valence-corrected chi connectivity index (χ1v) is 6.53. The fraction of sp³-hybridized carbons (Fsp3) is 0.312. The van der Waals surface area contributed by atoms with E-state index in [4.69, 9.17) is 4.42 Å². The molecule has 106 valence electrons. The molecule has 0 aliphatic heterocycles. The zero-order valence-electron chi connectivity index (χ0n) is 12.2. The predicted octanol–water partition coefficient (Wildman–Crippen LogP) is 3.44. The van der Waals surface area contributed by atoms with Gasteiger partial charge in [0.05, 0.1) is 11.6 Å². The highest BCUT2D eigenvalue weighted by Crippen LogP contribution is 2.24. The molecule has 1 unspecified atom stereocenters. The van der Waals surface area contributed by atoms with E-state index in [1.54, 1.807) is 37.1 Å². The van der Waals surface area contributed by atoms with Gasteiger partial charge in [0, 0.05) is 7.05 Å². The Hall–Kier alpha value is -2.23. The number of carbonyl (C=O) groups excluding carboxylic acids is 1. The highest BCUT2D eigenvalue weighted by molar-refractivity contribution is 5.95. The van der Waals surface area contributed by atoms with Crippen molar-refractivity contribution in [3.63, 3.8) is 0 Å². The molecule has 20 heavy (non-hydrogen) atoms. The number of benzene rings is 1. The number of carbonyl (C=O) groups is 1. The molecule has 0 fully saturated rings. The van der Waals surface area contributed by atoms with Crippen molar-refractivity contribution in [1.29, 1.82) is 0 Å². The maximum Gasteiger partial charge on any atom is 0.257 e. The number of hydrogen-bond acceptors (Lipinski definition) is 3. The van der Waals surface area contributed by atoms with Crippen molar-refractivity contribution in [3.05, 3.63) is 53.0 Å². The Morgan fingerprint density at radius 1 is 1.25 bits per heavy atom. The summed E-state index contributed by atoms with van der Waals surface area (Å²) in [6.07, 6.45) is 0. The van der Waals surface area contributed by atoms with Crippen LogP contribution < -0.4 is 0 Å². The zero-order valence-corrected chi connectivity index (χ0v) is 12.2. The molecule has 0 saturated carbocycles. The molecule has 0 aliphatic rings. The quantitative estimate of drug-likeness (QED) is 0.932. The first-order chi connectivity index (χ1) is 9.40. The smallest absolute Gasteiger partial charge is 0.257 e. The Morgan fingerprint density at radius 2 is 1.85 bits per heavy atom. The summed E-state index contributed by atoms with van der Waals surface area (Å²) in [4.78, 5) is 14.1. The van der Waals surface area contributed by atoms with Crippen molar-refractivity contribution in [1.82, 2.24) is 4.90 Å². The largest absolute Gasteiger partial charge is 0.508 e. The van der Waals surface area contributed by atoms with Crippen LogP contribution in [0.2, 0.25) is 0 Å². The van der Waals surface area contributed by atoms with E-state index in [1.165, 1.54) is 0 Å². The molecule has 0 bridgehead atoms. The number of aryl methyl sites for hydroxylation is 2. The van der Waals surface area contributed by atoms with Gasteiger partial charge in [0.25, 0.3) is 5.91 Å². The lowest BCUT2D eigenvalue weighted by Gasteiger charge is -2.25. The van der Waals surface area contributed by atoms with Gasteiger partial charge in [-0.2, -0.15) is 0 Å². The van der Waals surface area contributed by atoms with E-state index in [0.717, 1.165) is 11.3 Å². The summed E-state index contributed by atoms with van der Waals surface area (Å²) >= 11 is 0. The number of furan rings is 1. The Balaban J connectivity index is 2.22. The average Bonchev–Trinajstić information content (AvgIpc) is 2.76. The van der Waals surface area contributed by atoms with Crippen LogP contribution in [0.25, 0.3) is 0 Å². The van der Waals surface area contributed by atoms with Crippen molar-refractivity contribution in [2.24, 2.45) is 0 Å². The molecule has 0 saturated heterocycles. The molecule has 2 aromatic rings. The summed E-state index contributed by atoms with van der Waals surface area (Å²) in [5.41, 5.74) is 1.56. The van der Waals surface area contributed by atoms with Crippen LogP contribution >= 0.6 is 0 Å². The van der Waals surface area contributed by atoms with Gasteiger partial charge in [0.1, 0.15) is 17.3 Å². The summed E-state index contributed by atoms with van der Waals surface area (Å²) in [7, 11) is 1.77. The van der Waals surface area contributed by atoms with E-state index in [0.29, 0.717) is 11.3 Å². The highest BCUT2D eigenvalue weighted by Gasteiger charge is 2.22. The lowest BCUT2D eigenvalue weighted by Crippen LogP contribution is -2.29. The van der Waals surface area contributed by atoms with Crippen LogP contribution in [-0.2, 0) is 0 Å². The first kappa shape index (κ1) is 14.2. The summed E-state index contributed by atoms with van der Waals surface area (Å²) in [5, 5.41) is 9.31. The third-order valence-corrected chi connectivity index (χ3v) is 3.55. The molecule has 1 N–H and O–H groups in total. The SMILES string of the molecule is Cc1cc(C(=O)N(C)C(C)c2ccc(O)cc2)c(C)o1. The molecule has 1 heterocycles. The van der Waals surface area contributed by atoms with Crippen LogP contribution in [0.5, 0.6) is 5.75 Å². The molecule has 1 amide bonds. The molecule has 1 aromatic carbocycles. The standard InChI is InChI=1S/C16H19NO3/c1-10-9-15(12(3)20-10)16(19)17(4)11(2)13-5-7-14(18)8-6-13/h5-9,11,18H,1-4H3. The predicted molar refractivity (Wildman–Crippen MR) is 76.8 cm³/mol. The van der Waals surface area contributed by atoms with Gasteiger partial charge in [-0.25, -0.2) is 0 Å². The van der Waals surface area contributed by atoms with E-state index in [2.05, 4.69) is 0 Å². The van der Waals surface area contributed by atoms with Crippen molar-refractivity contribution in [2.45, 2.75) is 26.8 Å². The molecule has 4 nitrogen and oxygen atoms in total. The Morgan fingerprint density at radius 3 is 2.35 bits per heavy atom. The minimum absolute atomic E-state index is 0.0695. The molecular weight excluding hydrogens is 254 g/mol. The summed E-state index contributed by atoms with van der Waals surface area (Å²) in [6, 6.07) is 8.55. The van der Waals surface area contributed by atoms with E-state index in [-0.39, 0.29) is 17.7 Å². The third-order valence-electron chi connectivity index (χ3n) is 3.55. The molecule has 1 atom stereocenters. The second-order valence-electron chi connectivity index (χ2n) is 5.01. The normalized spacial score (nSPS) is 12.2. The van der Waals surface area contributed by atoms with E-state index >= 15 is 0 Å². The summed E-state index contributed by atoms with van der Waals surface area (Å²) in [5.74, 6) is 1.52. The second-order valence-corrected chi connectivity index (χ2v) is 5.01. The van der Waals surface area contributed by atoms with Crippen molar-refractivity contribution in [2.75, 3.05) is 7.05 Å². The van der Waals surface area contributed by atoms with Gasteiger partial charge < -0.3 is 14.4 Å². The maximum atomic E-state index is 12.5. The first-order valence-electron chi connectivity index (χ1n) is 6.53. The number of nitrogens with zero attached hydrogens (tertiary/aromatic N) is 1. The number of amides is 1. The number of aromatic hydroxyl groups is 1. The maximum absolute atomic E-state index is 12.5. The highest BCUT2D eigenvalue weighted by atomic mass is 16.3. The van der Waals surface area contributed by atoms with E-state index in [1.807, 2.05) is 26.0 Å². The summed E-state index contributed by atoms with van der Waals surface area (Å²) in [6.45, 7) is 5.57. The second kappa shape index (κ2) is 5.41. The number of phenols is 1. The van der Waals surface area contributed by atoms with E-state index < -0.39 is 0 Å². The number of hydrogen-bond donors (Lipinski definition) is 1. The Kier molecular flexibility index (Phi) is 3.84.